The van der Waals surface area contributed by atoms with Crippen molar-refractivity contribution in [2.75, 3.05) is 26.3 Å². The SMILES string of the molecule is O=C(O)C1CN(Cc2ccc(Cl)cc2Cl)CC12CCOCC2. The Balaban J connectivity index is 1.77. The van der Waals surface area contributed by atoms with Crippen LogP contribution in [0.5, 0.6) is 0 Å². The summed E-state index contributed by atoms with van der Waals surface area (Å²) in [6.07, 6.45) is 1.63. The first-order valence-corrected chi connectivity index (χ1v) is 8.23. The normalized spacial score (nSPS) is 24.7. The molecule has 0 aliphatic carbocycles. The number of carbonyl (C=O) groups is 1. The van der Waals surface area contributed by atoms with Gasteiger partial charge in [-0.3, -0.25) is 9.69 Å². The topological polar surface area (TPSA) is 49.8 Å². The van der Waals surface area contributed by atoms with E-state index in [2.05, 4.69) is 4.90 Å². The molecule has 4 nitrogen and oxygen atoms in total. The number of rotatable bonds is 3. The summed E-state index contributed by atoms with van der Waals surface area (Å²) in [5.41, 5.74) is 0.822. The molecule has 22 heavy (non-hydrogen) atoms. The Bertz CT molecular complexity index is 573. The van der Waals surface area contributed by atoms with Crippen molar-refractivity contribution in [2.24, 2.45) is 11.3 Å². The highest BCUT2D eigenvalue weighted by Gasteiger charge is 2.50. The highest BCUT2D eigenvalue weighted by molar-refractivity contribution is 6.35. The second kappa shape index (κ2) is 6.36. The molecule has 6 heteroatoms. The van der Waals surface area contributed by atoms with Gasteiger partial charge in [-0.1, -0.05) is 29.3 Å². The van der Waals surface area contributed by atoms with E-state index in [-0.39, 0.29) is 11.3 Å². The zero-order valence-electron chi connectivity index (χ0n) is 12.2. The molecule has 1 N–H and O–H groups in total. The van der Waals surface area contributed by atoms with Crippen molar-refractivity contribution in [1.82, 2.24) is 4.90 Å². The lowest BCUT2D eigenvalue weighted by Gasteiger charge is -2.36. The molecule has 1 spiro atoms. The molecule has 3 rings (SSSR count). The van der Waals surface area contributed by atoms with Gasteiger partial charge >= 0.3 is 5.97 Å². The van der Waals surface area contributed by atoms with Crippen LogP contribution in [0.4, 0.5) is 0 Å². The molecule has 1 atom stereocenters. The summed E-state index contributed by atoms with van der Waals surface area (Å²) in [5, 5.41) is 10.8. The summed E-state index contributed by atoms with van der Waals surface area (Å²) in [4.78, 5) is 13.9. The van der Waals surface area contributed by atoms with E-state index < -0.39 is 5.97 Å². The van der Waals surface area contributed by atoms with Gasteiger partial charge in [-0.15, -0.1) is 0 Å². The summed E-state index contributed by atoms with van der Waals surface area (Å²) in [6, 6.07) is 5.46. The van der Waals surface area contributed by atoms with Crippen LogP contribution in [0.3, 0.4) is 0 Å². The van der Waals surface area contributed by atoms with Crippen molar-refractivity contribution in [3.8, 4) is 0 Å². The van der Waals surface area contributed by atoms with Gasteiger partial charge in [0, 0.05) is 48.3 Å². The van der Waals surface area contributed by atoms with Crippen LogP contribution >= 0.6 is 23.2 Å². The molecule has 2 aliphatic heterocycles. The zero-order valence-corrected chi connectivity index (χ0v) is 13.7. The fraction of sp³-hybridized carbons (Fsp3) is 0.562. The lowest BCUT2D eigenvalue weighted by molar-refractivity contribution is -0.146. The van der Waals surface area contributed by atoms with Gasteiger partial charge in [0.05, 0.1) is 5.92 Å². The fourth-order valence-electron chi connectivity index (χ4n) is 3.71. The lowest BCUT2D eigenvalue weighted by Crippen LogP contribution is -2.40. The number of ether oxygens (including phenoxy) is 1. The Morgan fingerprint density at radius 3 is 2.73 bits per heavy atom. The monoisotopic (exact) mass is 343 g/mol. The van der Waals surface area contributed by atoms with Crippen LogP contribution in [0.15, 0.2) is 18.2 Å². The van der Waals surface area contributed by atoms with E-state index in [0.29, 0.717) is 36.3 Å². The number of carboxylic acid groups (broad SMARTS) is 1. The molecule has 2 aliphatic rings. The quantitative estimate of drug-likeness (QED) is 0.914. The molecule has 0 radical (unpaired) electrons. The van der Waals surface area contributed by atoms with E-state index in [1.807, 2.05) is 12.1 Å². The number of likely N-dealkylation sites (tertiary alicyclic amines) is 1. The van der Waals surface area contributed by atoms with Crippen molar-refractivity contribution in [2.45, 2.75) is 19.4 Å². The van der Waals surface area contributed by atoms with Gasteiger partial charge in [0.2, 0.25) is 0 Å². The van der Waals surface area contributed by atoms with E-state index in [1.54, 1.807) is 6.07 Å². The third kappa shape index (κ3) is 3.11. The van der Waals surface area contributed by atoms with Gasteiger partial charge in [0.1, 0.15) is 0 Å². The first kappa shape index (κ1) is 16.1. The molecule has 2 heterocycles. The second-order valence-electron chi connectivity index (χ2n) is 6.27. The average Bonchev–Trinajstić information content (AvgIpc) is 2.81. The predicted octanol–water partition coefficient (Wildman–Crippen LogP) is 3.31. The van der Waals surface area contributed by atoms with Crippen molar-refractivity contribution in [1.29, 1.82) is 0 Å². The first-order valence-electron chi connectivity index (χ1n) is 7.47. The molecule has 120 valence electrons. The number of hydrogen-bond donors (Lipinski definition) is 1. The number of halogens is 2. The van der Waals surface area contributed by atoms with Crippen molar-refractivity contribution >= 4 is 29.2 Å². The number of nitrogens with zero attached hydrogens (tertiary/aromatic N) is 1. The molecule has 1 aromatic rings. The van der Waals surface area contributed by atoms with Crippen LogP contribution in [0.2, 0.25) is 10.0 Å². The molecular formula is C16H19Cl2NO3. The number of hydrogen-bond acceptors (Lipinski definition) is 3. The lowest BCUT2D eigenvalue weighted by atomic mass is 9.72. The minimum Gasteiger partial charge on any atom is -0.481 e. The summed E-state index contributed by atoms with van der Waals surface area (Å²) in [5.74, 6) is -1.03. The van der Waals surface area contributed by atoms with E-state index in [1.165, 1.54) is 0 Å². The summed E-state index contributed by atoms with van der Waals surface area (Å²) in [7, 11) is 0. The van der Waals surface area contributed by atoms with Gasteiger partial charge in [-0.25, -0.2) is 0 Å². The Labute approximate surface area is 140 Å². The van der Waals surface area contributed by atoms with Gasteiger partial charge in [-0.05, 0) is 30.5 Å². The van der Waals surface area contributed by atoms with Crippen molar-refractivity contribution < 1.29 is 14.6 Å². The van der Waals surface area contributed by atoms with Crippen LogP contribution in [0, 0.1) is 11.3 Å². The van der Waals surface area contributed by atoms with Gasteiger partial charge < -0.3 is 9.84 Å². The summed E-state index contributed by atoms with van der Waals surface area (Å²) < 4.78 is 5.42. The summed E-state index contributed by atoms with van der Waals surface area (Å²) in [6.45, 7) is 3.31. The molecule has 2 fully saturated rings. The smallest absolute Gasteiger partial charge is 0.308 e. The van der Waals surface area contributed by atoms with Crippen LogP contribution in [-0.2, 0) is 16.1 Å². The number of benzene rings is 1. The van der Waals surface area contributed by atoms with E-state index in [9.17, 15) is 9.90 Å². The maximum absolute atomic E-state index is 11.7. The van der Waals surface area contributed by atoms with Crippen LogP contribution in [-0.4, -0.2) is 42.3 Å². The predicted molar refractivity (Wildman–Crippen MR) is 85.4 cm³/mol. The van der Waals surface area contributed by atoms with Gasteiger partial charge in [0.25, 0.3) is 0 Å². The molecule has 0 amide bonds. The van der Waals surface area contributed by atoms with Crippen molar-refractivity contribution in [3.05, 3.63) is 33.8 Å². The standard InChI is InChI=1S/C16H19Cl2NO3/c17-12-2-1-11(14(18)7-12)8-19-9-13(15(20)21)16(10-19)3-5-22-6-4-16/h1-2,7,13H,3-6,8-10H2,(H,20,21). The van der Waals surface area contributed by atoms with E-state index >= 15 is 0 Å². The Morgan fingerprint density at radius 1 is 1.36 bits per heavy atom. The molecule has 1 aromatic carbocycles. The third-order valence-electron chi connectivity index (χ3n) is 4.91. The Kier molecular flexibility index (Phi) is 4.64. The number of carboxylic acids is 1. The highest BCUT2D eigenvalue weighted by Crippen LogP contribution is 2.45. The Morgan fingerprint density at radius 2 is 2.09 bits per heavy atom. The second-order valence-corrected chi connectivity index (χ2v) is 7.11. The van der Waals surface area contributed by atoms with Crippen LogP contribution in [0.25, 0.3) is 0 Å². The van der Waals surface area contributed by atoms with Crippen molar-refractivity contribution in [3.63, 3.8) is 0 Å². The first-order chi connectivity index (χ1) is 10.5. The minimum atomic E-state index is -0.702. The van der Waals surface area contributed by atoms with Crippen LogP contribution in [0.1, 0.15) is 18.4 Å². The molecular weight excluding hydrogens is 325 g/mol. The fourth-order valence-corrected chi connectivity index (χ4v) is 4.18. The molecule has 0 bridgehead atoms. The molecule has 0 aromatic heterocycles. The van der Waals surface area contributed by atoms with Gasteiger partial charge in [-0.2, -0.15) is 0 Å². The van der Waals surface area contributed by atoms with Gasteiger partial charge in [0.15, 0.2) is 0 Å². The largest absolute Gasteiger partial charge is 0.481 e. The number of aliphatic carboxylic acids is 1. The summed E-state index contributed by atoms with van der Waals surface area (Å²) >= 11 is 12.2. The zero-order chi connectivity index (χ0) is 15.7. The Hall–Kier alpha value is -0.810. The molecule has 1 unspecified atom stereocenters. The minimum absolute atomic E-state index is 0.164. The maximum atomic E-state index is 11.7. The molecule has 0 saturated carbocycles. The van der Waals surface area contributed by atoms with E-state index in [4.69, 9.17) is 27.9 Å². The highest BCUT2D eigenvalue weighted by atomic mass is 35.5. The third-order valence-corrected chi connectivity index (χ3v) is 5.50. The van der Waals surface area contributed by atoms with Crippen LogP contribution < -0.4 is 0 Å². The average molecular weight is 344 g/mol. The van der Waals surface area contributed by atoms with E-state index in [0.717, 1.165) is 24.9 Å². The molecule has 2 saturated heterocycles. The maximum Gasteiger partial charge on any atom is 0.308 e.